The molecule has 13 rings (SSSR count). The van der Waals surface area contributed by atoms with Crippen molar-refractivity contribution in [2.45, 2.75) is 0 Å². The minimum absolute atomic E-state index is 1.09. The first-order valence-electron chi connectivity index (χ1n) is 22.4. The molecule has 3 heteroatoms. The molecule has 1 aliphatic rings. The zero-order valence-corrected chi connectivity index (χ0v) is 35.5. The van der Waals surface area contributed by atoms with E-state index >= 15 is 0 Å². The van der Waals surface area contributed by atoms with Crippen LogP contribution in [0.5, 0.6) is 0 Å². The first-order valence-corrected chi connectivity index (χ1v) is 22.4. The lowest BCUT2D eigenvalue weighted by atomic mass is 9.87. The van der Waals surface area contributed by atoms with Crippen molar-refractivity contribution < 1.29 is 0 Å². The van der Waals surface area contributed by atoms with Gasteiger partial charge in [-0.15, -0.1) is 0 Å². The van der Waals surface area contributed by atoms with Crippen LogP contribution in [0.15, 0.2) is 249 Å². The fourth-order valence-electron chi connectivity index (χ4n) is 10.5. The van der Waals surface area contributed by atoms with Gasteiger partial charge in [-0.2, -0.15) is 0 Å². The number of fused-ring (bicyclic) bond motifs is 6. The molecule has 0 fully saturated rings. The molecular formula is C62H41N3. The van der Waals surface area contributed by atoms with Gasteiger partial charge in [0, 0.05) is 49.9 Å². The Hall–Kier alpha value is -8.66. The molecule has 304 valence electrons. The van der Waals surface area contributed by atoms with Crippen LogP contribution in [0.25, 0.3) is 82.4 Å². The molecule has 0 saturated carbocycles. The molecule has 11 aromatic carbocycles. The van der Waals surface area contributed by atoms with E-state index in [1.54, 1.807) is 0 Å². The second-order valence-corrected chi connectivity index (χ2v) is 16.9. The Morgan fingerprint density at radius 3 is 1.65 bits per heavy atom. The first kappa shape index (κ1) is 36.9. The normalized spacial score (nSPS) is 12.0. The number of aromatic nitrogens is 1. The third-order valence-electron chi connectivity index (χ3n) is 13.3. The number of nitrogens with zero attached hydrogens (tertiary/aromatic N) is 3. The van der Waals surface area contributed by atoms with Gasteiger partial charge in [-0.05, 0) is 117 Å². The molecule has 0 N–H and O–H groups in total. The van der Waals surface area contributed by atoms with E-state index < -0.39 is 0 Å². The molecule has 1 aliphatic heterocycles. The Labute approximate surface area is 377 Å². The van der Waals surface area contributed by atoms with E-state index in [0.717, 1.165) is 28.4 Å². The first-order chi connectivity index (χ1) is 32.3. The standard InChI is InChI=1S/C62H41N3/c1-4-17-42(18-5-1)48-38-40-59(51-24-11-10-23-50(48)51)63(47-35-39-60-56(41-47)53-26-13-15-29-58(53)64(60)44-19-6-2-7-20-44)46-33-31-43(32-34-46)49-36-37-55-52-25-12-14-28-57(52)65(45-21-8-3-9-22-45)61-30-16-27-54(49)62(55)61/h1-41H. The van der Waals surface area contributed by atoms with E-state index in [1.165, 1.54) is 88.1 Å². The summed E-state index contributed by atoms with van der Waals surface area (Å²) in [5, 5.41) is 7.35. The van der Waals surface area contributed by atoms with Gasteiger partial charge in [-0.25, -0.2) is 0 Å². The highest BCUT2D eigenvalue weighted by Crippen LogP contribution is 2.52. The van der Waals surface area contributed by atoms with Crippen LogP contribution in [-0.4, -0.2) is 4.57 Å². The Bertz CT molecular complexity index is 3760. The van der Waals surface area contributed by atoms with Gasteiger partial charge in [-0.1, -0.05) is 170 Å². The molecule has 0 radical (unpaired) electrons. The Kier molecular flexibility index (Phi) is 8.53. The maximum Gasteiger partial charge on any atom is 0.0546 e. The third-order valence-corrected chi connectivity index (χ3v) is 13.3. The van der Waals surface area contributed by atoms with Crippen molar-refractivity contribution in [2.75, 3.05) is 9.80 Å². The van der Waals surface area contributed by atoms with Gasteiger partial charge >= 0.3 is 0 Å². The van der Waals surface area contributed by atoms with Crippen molar-refractivity contribution in [3.8, 4) is 39.1 Å². The second-order valence-electron chi connectivity index (χ2n) is 16.9. The largest absolute Gasteiger partial charge is 0.310 e. The fourth-order valence-corrected chi connectivity index (χ4v) is 10.5. The maximum absolute atomic E-state index is 2.45. The smallest absolute Gasteiger partial charge is 0.0546 e. The molecule has 65 heavy (non-hydrogen) atoms. The molecule has 0 unspecified atom stereocenters. The van der Waals surface area contributed by atoms with Gasteiger partial charge in [0.25, 0.3) is 0 Å². The summed E-state index contributed by atoms with van der Waals surface area (Å²) in [4.78, 5) is 4.86. The highest BCUT2D eigenvalue weighted by Gasteiger charge is 2.27. The number of para-hydroxylation sites is 4. The summed E-state index contributed by atoms with van der Waals surface area (Å²) in [6.45, 7) is 0. The Morgan fingerprint density at radius 1 is 0.292 bits per heavy atom. The molecule has 2 heterocycles. The van der Waals surface area contributed by atoms with Crippen LogP contribution in [0, 0.1) is 0 Å². The minimum atomic E-state index is 1.09. The minimum Gasteiger partial charge on any atom is -0.310 e. The molecule has 0 aliphatic carbocycles. The van der Waals surface area contributed by atoms with Crippen molar-refractivity contribution in [3.63, 3.8) is 0 Å². The van der Waals surface area contributed by atoms with Gasteiger partial charge in [0.1, 0.15) is 0 Å². The van der Waals surface area contributed by atoms with E-state index in [2.05, 4.69) is 263 Å². The topological polar surface area (TPSA) is 11.4 Å². The van der Waals surface area contributed by atoms with E-state index in [0.29, 0.717) is 0 Å². The SMILES string of the molecule is c1ccc(-c2ccc(N(c3ccc(-c4ccc5c6c(cccc46)N(c4ccccc4)c4ccccc4-5)cc3)c3ccc4c(c3)c3ccccc3n4-c3ccccc3)c3ccccc23)cc1. The predicted molar refractivity (Wildman–Crippen MR) is 275 cm³/mol. The molecule has 0 atom stereocenters. The van der Waals surface area contributed by atoms with Crippen LogP contribution in [0.3, 0.4) is 0 Å². The van der Waals surface area contributed by atoms with E-state index in [-0.39, 0.29) is 0 Å². The molecule has 0 bridgehead atoms. The average Bonchev–Trinajstić information content (AvgIpc) is 3.71. The molecular weight excluding hydrogens is 787 g/mol. The average molecular weight is 828 g/mol. The summed E-state index contributed by atoms with van der Waals surface area (Å²) in [5.41, 5.74) is 17.7. The molecule has 0 amide bonds. The number of rotatable bonds is 7. The van der Waals surface area contributed by atoms with Crippen LogP contribution in [-0.2, 0) is 0 Å². The summed E-state index contributed by atoms with van der Waals surface area (Å²) in [6.07, 6.45) is 0. The monoisotopic (exact) mass is 827 g/mol. The van der Waals surface area contributed by atoms with Crippen molar-refractivity contribution in [1.82, 2.24) is 4.57 Å². The number of hydrogen-bond donors (Lipinski definition) is 0. The van der Waals surface area contributed by atoms with Crippen LogP contribution in [0.1, 0.15) is 0 Å². The maximum atomic E-state index is 2.45. The van der Waals surface area contributed by atoms with Gasteiger partial charge in [0.2, 0.25) is 0 Å². The van der Waals surface area contributed by atoms with Gasteiger partial charge in [-0.3, -0.25) is 0 Å². The predicted octanol–water partition coefficient (Wildman–Crippen LogP) is 17.3. The Morgan fingerprint density at radius 2 is 0.846 bits per heavy atom. The lowest BCUT2D eigenvalue weighted by Gasteiger charge is -2.34. The molecule has 1 aromatic heterocycles. The fraction of sp³-hybridized carbons (Fsp3) is 0. The number of anilines is 6. The third kappa shape index (κ3) is 5.90. The molecule has 0 saturated heterocycles. The summed E-state index contributed by atoms with van der Waals surface area (Å²) < 4.78 is 2.38. The van der Waals surface area contributed by atoms with E-state index in [1.807, 2.05) is 0 Å². The summed E-state index contributed by atoms with van der Waals surface area (Å²) >= 11 is 0. The summed E-state index contributed by atoms with van der Waals surface area (Å²) in [5.74, 6) is 0. The van der Waals surface area contributed by atoms with Gasteiger partial charge < -0.3 is 14.4 Å². The van der Waals surface area contributed by atoms with Crippen LogP contribution < -0.4 is 9.80 Å². The van der Waals surface area contributed by atoms with E-state index in [9.17, 15) is 0 Å². The zero-order valence-electron chi connectivity index (χ0n) is 35.5. The van der Waals surface area contributed by atoms with Crippen LogP contribution in [0.2, 0.25) is 0 Å². The highest BCUT2D eigenvalue weighted by molar-refractivity contribution is 6.18. The Balaban J connectivity index is 0.996. The zero-order chi connectivity index (χ0) is 42.8. The van der Waals surface area contributed by atoms with Crippen molar-refractivity contribution in [3.05, 3.63) is 249 Å². The highest BCUT2D eigenvalue weighted by atomic mass is 15.2. The summed E-state index contributed by atoms with van der Waals surface area (Å²) in [6, 6.07) is 90.7. The number of benzene rings is 11. The van der Waals surface area contributed by atoms with Crippen molar-refractivity contribution >= 4 is 77.5 Å². The van der Waals surface area contributed by atoms with Crippen LogP contribution >= 0.6 is 0 Å². The van der Waals surface area contributed by atoms with Crippen LogP contribution in [0.4, 0.5) is 34.1 Å². The molecule has 12 aromatic rings. The van der Waals surface area contributed by atoms with Gasteiger partial charge in [0.15, 0.2) is 0 Å². The summed E-state index contributed by atoms with van der Waals surface area (Å²) in [7, 11) is 0. The quantitative estimate of drug-likeness (QED) is 0.159. The lowest BCUT2D eigenvalue weighted by Crippen LogP contribution is -2.14. The van der Waals surface area contributed by atoms with E-state index in [4.69, 9.17) is 0 Å². The lowest BCUT2D eigenvalue weighted by molar-refractivity contribution is 1.18. The number of hydrogen-bond acceptors (Lipinski definition) is 2. The van der Waals surface area contributed by atoms with Crippen molar-refractivity contribution in [1.29, 1.82) is 0 Å². The van der Waals surface area contributed by atoms with Gasteiger partial charge in [0.05, 0.1) is 28.1 Å². The van der Waals surface area contributed by atoms with Crippen molar-refractivity contribution in [2.24, 2.45) is 0 Å². The second kappa shape index (κ2) is 15.0. The molecule has 3 nitrogen and oxygen atoms in total. The molecule has 0 spiro atoms.